The van der Waals surface area contributed by atoms with Crippen LogP contribution >= 0.6 is 0 Å². The van der Waals surface area contributed by atoms with E-state index in [0.717, 1.165) is 58.1 Å². The molecule has 2 aliphatic rings. The molecule has 2 fully saturated rings. The first-order valence-corrected chi connectivity index (χ1v) is 19.4. The lowest BCUT2D eigenvalue weighted by molar-refractivity contribution is 0.129. The summed E-state index contributed by atoms with van der Waals surface area (Å²) in [5.41, 5.74) is 8.30. The Labute approximate surface area is 294 Å². The summed E-state index contributed by atoms with van der Waals surface area (Å²) in [7, 11) is 0. The van der Waals surface area contributed by atoms with Crippen molar-refractivity contribution in [1.29, 1.82) is 0 Å². The first-order valence-electron chi connectivity index (χ1n) is 19.4. The third-order valence-electron chi connectivity index (χ3n) is 11.9. The van der Waals surface area contributed by atoms with E-state index in [4.69, 9.17) is 4.74 Å². The Balaban J connectivity index is 0.894. The van der Waals surface area contributed by atoms with Crippen LogP contribution in [0.3, 0.4) is 0 Å². The number of aryl methyl sites for hydroxylation is 2. The van der Waals surface area contributed by atoms with Gasteiger partial charge in [-0.15, -0.1) is 0 Å². The minimum Gasteiger partial charge on any atom is -0.381 e. The van der Waals surface area contributed by atoms with Gasteiger partial charge >= 0.3 is 0 Å². The predicted octanol–water partition coefficient (Wildman–Crippen LogP) is 13.2. The second kappa shape index (κ2) is 17.6. The van der Waals surface area contributed by atoms with Crippen LogP contribution in [0.4, 0.5) is 8.78 Å². The van der Waals surface area contributed by atoms with Gasteiger partial charge in [-0.05, 0) is 157 Å². The van der Waals surface area contributed by atoms with E-state index >= 15 is 8.78 Å². The predicted molar refractivity (Wildman–Crippen MR) is 201 cm³/mol. The SMILES string of the molecule is CCC1CCC(c2ccc(-c3ccc(CCCOCCCc4ccc(-c5ccc(C6CCC(CC)CC6)cc5)cc4F)c(F)c3)cc2)CC1. The van der Waals surface area contributed by atoms with Crippen LogP contribution in [-0.4, -0.2) is 13.2 Å². The molecule has 1 nitrogen and oxygen atoms in total. The maximum atomic E-state index is 15.0. The van der Waals surface area contributed by atoms with Crippen LogP contribution in [0.2, 0.25) is 0 Å². The lowest BCUT2D eigenvalue weighted by Gasteiger charge is -2.28. The van der Waals surface area contributed by atoms with Gasteiger partial charge in [0, 0.05) is 13.2 Å². The molecular formula is C46H56F2O. The molecule has 0 aliphatic heterocycles. The lowest BCUT2D eigenvalue weighted by Crippen LogP contribution is -2.12. The number of ether oxygens (including phenoxy) is 1. The highest BCUT2D eigenvalue weighted by atomic mass is 19.1. The minimum absolute atomic E-state index is 0.149. The fourth-order valence-corrected chi connectivity index (χ4v) is 8.39. The Morgan fingerprint density at radius 2 is 0.857 bits per heavy atom. The van der Waals surface area contributed by atoms with E-state index in [2.05, 4.69) is 62.4 Å². The van der Waals surface area contributed by atoms with Crippen molar-refractivity contribution in [3.8, 4) is 22.3 Å². The van der Waals surface area contributed by atoms with Gasteiger partial charge in [0.05, 0.1) is 0 Å². The molecule has 0 heterocycles. The van der Waals surface area contributed by atoms with Crippen LogP contribution in [0.25, 0.3) is 22.3 Å². The Morgan fingerprint density at radius 3 is 1.20 bits per heavy atom. The summed E-state index contributed by atoms with van der Waals surface area (Å²) in [5, 5.41) is 0. The molecule has 4 aromatic rings. The van der Waals surface area contributed by atoms with Crippen LogP contribution in [0.15, 0.2) is 84.9 Å². The molecule has 0 bridgehead atoms. The molecule has 49 heavy (non-hydrogen) atoms. The van der Waals surface area contributed by atoms with Crippen molar-refractivity contribution in [2.45, 2.75) is 116 Å². The van der Waals surface area contributed by atoms with E-state index < -0.39 is 0 Å². The van der Waals surface area contributed by atoms with Crippen LogP contribution in [0.1, 0.15) is 125 Å². The third kappa shape index (κ3) is 9.48. The zero-order valence-electron chi connectivity index (χ0n) is 29.9. The molecule has 0 N–H and O–H groups in total. The number of rotatable bonds is 14. The maximum absolute atomic E-state index is 15.0. The number of hydrogen-bond acceptors (Lipinski definition) is 1. The van der Waals surface area contributed by atoms with Gasteiger partial charge < -0.3 is 4.74 Å². The fraction of sp³-hybridized carbons (Fsp3) is 0.478. The zero-order chi connectivity index (χ0) is 34.0. The molecule has 2 saturated carbocycles. The van der Waals surface area contributed by atoms with Crippen molar-refractivity contribution in [3.05, 3.63) is 119 Å². The van der Waals surface area contributed by atoms with Gasteiger partial charge in [-0.3, -0.25) is 0 Å². The van der Waals surface area contributed by atoms with Gasteiger partial charge in [0.15, 0.2) is 0 Å². The Kier molecular flexibility index (Phi) is 12.7. The van der Waals surface area contributed by atoms with Gasteiger partial charge in [0.1, 0.15) is 11.6 Å². The minimum atomic E-state index is -0.149. The molecule has 0 spiro atoms. The summed E-state index contributed by atoms with van der Waals surface area (Å²) in [6.45, 7) is 5.75. The van der Waals surface area contributed by atoms with Gasteiger partial charge in [-0.25, -0.2) is 8.78 Å². The highest BCUT2D eigenvalue weighted by molar-refractivity contribution is 5.65. The smallest absolute Gasteiger partial charge is 0.127 e. The molecule has 260 valence electrons. The molecule has 6 rings (SSSR count). The topological polar surface area (TPSA) is 9.23 Å². The van der Waals surface area contributed by atoms with E-state index in [0.29, 0.717) is 37.9 Å². The van der Waals surface area contributed by atoms with Crippen LogP contribution in [-0.2, 0) is 17.6 Å². The average molecular weight is 663 g/mol. The molecule has 0 aromatic heterocycles. The van der Waals surface area contributed by atoms with Crippen LogP contribution in [0.5, 0.6) is 0 Å². The summed E-state index contributed by atoms with van der Waals surface area (Å²) in [5.74, 6) is 2.83. The first-order chi connectivity index (χ1) is 24.0. The summed E-state index contributed by atoms with van der Waals surface area (Å²) >= 11 is 0. The second-order valence-electron chi connectivity index (χ2n) is 14.9. The zero-order valence-corrected chi connectivity index (χ0v) is 29.9. The monoisotopic (exact) mass is 662 g/mol. The quantitative estimate of drug-likeness (QED) is 0.122. The molecule has 3 heteroatoms. The number of halogens is 2. The fourth-order valence-electron chi connectivity index (χ4n) is 8.39. The highest BCUT2D eigenvalue weighted by Gasteiger charge is 2.22. The second-order valence-corrected chi connectivity index (χ2v) is 14.9. The first kappa shape index (κ1) is 35.5. The highest BCUT2D eigenvalue weighted by Crippen LogP contribution is 2.39. The molecule has 0 radical (unpaired) electrons. The summed E-state index contributed by atoms with van der Waals surface area (Å²) in [4.78, 5) is 0. The van der Waals surface area contributed by atoms with Gasteiger partial charge in [-0.1, -0.05) is 99.5 Å². The summed E-state index contributed by atoms with van der Waals surface area (Å²) in [6.07, 6.45) is 15.9. The third-order valence-corrected chi connectivity index (χ3v) is 11.9. The lowest BCUT2D eigenvalue weighted by atomic mass is 9.77. The average Bonchev–Trinajstić information content (AvgIpc) is 3.15. The van der Waals surface area contributed by atoms with Gasteiger partial charge in [0.2, 0.25) is 0 Å². The number of benzene rings is 4. The van der Waals surface area contributed by atoms with Crippen molar-refractivity contribution >= 4 is 0 Å². The Hall–Kier alpha value is -3.30. The number of hydrogen-bond donors (Lipinski definition) is 0. The van der Waals surface area contributed by atoms with Crippen molar-refractivity contribution in [1.82, 2.24) is 0 Å². The molecule has 0 saturated heterocycles. The van der Waals surface area contributed by atoms with E-state index in [1.54, 1.807) is 12.1 Å². The molecule has 0 unspecified atom stereocenters. The van der Waals surface area contributed by atoms with Gasteiger partial charge in [0.25, 0.3) is 0 Å². The van der Waals surface area contributed by atoms with Crippen molar-refractivity contribution in [2.24, 2.45) is 11.8 Å². The van der Waals surface area contributed by atoms with E-state index in [9.17, 15) is 0 Å². The van der Waals surface area contributed by atoms with Gasteiger partial charge in [-0.2, -0.15) is 0 Å². The van der Waals surface area contributed by atoms with Crippen molar-refractivity contribution in [2.75, 3.05) is 13.2 Å². The molecule has 2 aliphatic carbocycles. The van der Waals surface area contributed by atoms with Crippen LogP contribution in [0, 0.1) is 23.5 Å². The normalized spacial score (nSPS) is 21.1. The largest absolute Gasteiger partial charge is 0.381 e. The van der Waals surface area contributed by atoms with E-state index in [-0.39, 0.29) is 11.6 Å². The summed E-state index contributed by atoms with van der Waals surface area (Å²) in [6, 6.07) is 28.9. The van der Waals surface area contributed by atoms with E-state index in [1.807, 2.05) is 24.3 Å². The molecular weight excluding hydrogens is 607 g/mol. The standard InChI is InChI=1S/C46H56F2O/c1-3-33-9-13-35(14-10-33)37-17-21-39(22-18-37)43-27-25-41(45(47)31-43)7-5-29-49-30-6-8-42-26-28-44(32-46(42)48)40-23-19-38(20-24-40)36-15-11-34(4-2)12-16-36/h17-28,31-36H,3-16,29-30H2,1-2H3. The Morgan fingerprint density at radius 1 is 0.490 bits per heavy atom. The maximum Gasteiger partial charge on any atom is 0.127 e. The van der Waals surface area contributed by atoms with Crippen LogP contribution < -0.4 is 0 Å². The Bertz CT molecular complexity index is 1470. The van der Waals surface area contributed by atoms with E-state index in [1.165, 1.54) is 75.3 Å². The molecule has 4 aromatic carbocycles. The van der Waals surface area contributed by atoms with Crippen molar-refractivity contribution < 1.29 is 13.5 Å². The molecule has 0 atom stereocenters. The van der Waals surface area contributed by atoms with Crippen molar-refractivity contribution in [3.63, 3.8) is 0 Å². The molecule has 0 amide bonds. The summed E-state index contributed by atoms with van der Waals surface area (Å²) < 4.78 is 35.9.